The van der Waals surface area contributed by atoms with E-state index in [1.54, 1.807) is 24.3 Å². The molecular formula is C15H14F2N2O3S. The van der Waals surface area contributed by atoms with Gasteiger partial charge in [0, 0.05) is 13.5 Å². The first-order valence-corrected chi connectivity index (χ1v) is 7.45. The number of alkyl halides is 2. The summed E-state index contributed by atoms with van der Waals surface area (Å²) in [5.41, 5.74) is 0.749. The summed E-state index contributed by atoms with van der Waals surface area (Å²) in [6, 6.07) is 9.27. The van der Waals surface area contributed by atoms with Crippen molar-refractivity contribution >= 4 is 28.2 Å². The molecule has 0 unspecified atom stereocenters. The van der Waals surface area contributed by atoms with Crippen molar-refractivity contribution in [1.29, 1.82) is 0 Å². The van der Waals surface area contributed by atoms with E-state index in [1.165, 1.54) is 30.4 Å². The lowest BCUT2D eigenvalue weighted by atomic mass is 10.2. The van der Waals surface area contributed by atoms with E-state index in [4.69, 9.17) is 0 Å². The molecule has 2 aromatic rings. The van der Waals surface area contributed by atoms with Crippen molar-refractivity contribution in [3.8, 4) is 5.75 Å². The van der Waals surface area contributed by atoms with Crippen LogP contribution in [0, 0.1) is 0 Å². The minimum atomic E-state index is -2.86. The number of carbonyl (C=O) groups excluding carboxylic acids is 2. The van der Waals surface area contributed by atoms with Crippen LogP contribution in [0.3, 0.4) is 0 Å². The fourth-order valence-electron chi connectivity index (χ4n) is 1.76. The van der Waals surface area contributed by atoms with Gasteiger partial charge in [-0.25, -0.2) is 0 Å². The van der Waals surface area contributed by atoms with Crippen LogP contribution in [0.15, 0.2) is 36.4 Å². The Bertz CT molecular complexity index is 686. The highest BCUT2D eigenvalue weighted by Gasteiger charge is 2.10. The molecule has 0 fully saturated rings. The smallest absolute Gasteiger partial charge is 0.387 e. The fraction of sp³-hybridized carbons (Fsp3) is 0.200. The first-order chi connectivity index (χ1) is 10.9. The van der Waals surface area contributed by atoms with Gasteiger partial charge in [0.1, 0.15) is 5.75 Å². The maximum absolute atomic E-state index is 12.0. The van der Waals surface area contributed by atoms with E-state index in [0.29, 0.717) is 9.88 Å². The SMILES string of the molecule is CC(=O)Nc1ccc(C(=O)NCc2ccc(OC(F)F)cc2)s1. The third-order valence-corrected chi connectivity index (χ3v) is 3.73. The number of nitrogens with one attached hydrogen (secondary N) is 2. The number of ether oxygens (including phenoxy) is 1. The van der Waals surface area contributed by atoms with Crippen molar-refractivity contribution in [1.82, 2.24) is 5.32 Å². The predicted molar refractivity (Wildman–Crippen MR) is 82.9 cm³/mol. The summed E-state index contributed by atoms with van der Waals surface area (Å²) in [5.74, 6) is -0.419. The Kier molecular flexibility index (Phi) is 5.64. The van der Waals surface area contributed by atoms with Gasteiger partial charge in [-0.3, -0.25) is 9.59 Å². The summed E-state index contributed by atoms with van der Waals surface area (Å²) in [5, 5.41) is 5.91. The minimum Gasteiger partial charge on any atom is -0.435 e. The third kappa shape index (κ3) is 5.33. The Morgan fingerprint density at radius 2 is 1.87 bits per heavy atom. The van der Waals surface area contributed by atoms with E-state index in [9.17, 15) is 18.4 Å². The zero-order valence-electron chi connectivity index (χ0n) is 12.1. The Labute approximate surface area is 135 Å². The molecule has 2 N–H and O–H groups in total. The molecule has 0 atom stereocenters. The van der Waals surface area contributed by atoms with Crippen molar-refractivity contribution in [2.45, 2.75) is 20.1 Å². The third-order valence-electron chi connectivity index (χ3n) is 2.73. The van der Waals surface area contributed by atoms with E-state index in [1.807, 2.05) is 0 Å². The Morgan fingerprint density at radius 3 is 2.48 bits per heavy atom. The molecule has 5 nitrogen and oxygen atoms in total. The van der Waals surface area contributed by atoms with Crippen molar-refractivity contribution in [2.24, 2.45) is 0 Å². The molecule has 0 bridgehead atoms. The molecule has 0 spiro atoms. The molecule has 2 amide bonds. The van der Waals surface area contributed by atoms with Crippen LogP contribution < -0.4 is 15.4 Å². The monoisotopic (exact) mass is 340 g/mol. The van der Waals surface area contributed by atoms with Gasteiger partial charge < -0.3 is 15.4 Å². The molecule has 1 aromatic carbocycles. The zero-order valence-corrected chi connectivity index (χ0v) is 13.0. The number of hydrogen-bond donors (Lipinski definition) is 2. The van der Waals surface area contributed by atoms with Crippen LogP contribution in [0.2, 0.25) is 0 Å². The second kappa shape index (κ2) is 7.68. The normalized spacial score (nSPS) is 10.4. The number of carbonyl (C=O) groups is 2. The molecule has 2 rings (SSSR count). The van der Waals surface area contributed by atoms with Crippen LogP contribution in [0.4, 0.5) is 13.8 Å². The summed E-state index contributed by atoms with van der Waals surface area (Å²) >= 11 is 1.17. The second-order valence-electron chi connectivity index (χ2n) is 4.55. The molecule has 0 saturated carbocycles. The van der Waals surface area contributed by atoms with Gasteiger partial charge in [-0.2, -0.15) is 8.78 Å². The Hall–Kier alpha value is -2.48. The molecule has 8 heteroatoms. The molecule has 0 aliphatic heterocycles. The van der Waals surface area contributed by atoms with E-state index >= 15 is 0 Å². The number of hydrogen-bond acceptors (Lipinski definition) is 4. The van der Waals surface area contributed by atoms with Gasteiger partial charge in [0.05, 0.1) is 9.88 Å². The lowest BCUT2D eigenvalue weighted by Gasteiger charge is -2.06. The largest absolute Gasteiger partial charge is 0.435 e. The highest BCUT2D eigenvalue weighted by atomic mass is 32.1. The molecule has 23 heavy (non-hydrogen) atoms. The van der Waals surface area contributed by atoms with E-state index in [-0.39, 0.29) is 24.1 Å². The quantitative estimate of drug-likeness (QED) is 0.848. The van der Waals surface area contributed by atoms with Crippen LogP contribution in [-0.4, -0.2) is 18.4 Å². The number of amides is 2. The molecule has 0 aliphatic rings. The number of thiophene rings is 1. The summed E-state index contributed by atoms with van der Waals surface area (Å²) in [7, 11) is 0. The lowest BCUT2D eigenvalue weighted by Crippen LogP contribution is -2.21. The summed E-state index contributed by atoms with van der Waals surface area (Å²) in [6.45, 7) is -1.22. The van der Waals surface area contributed by atoms with Gasteiger partial charge in [0.15, 0.2) is 0 Å². The van der Waals surface area contributed by atoms with E-state index in [2.05, 4.69) is 15.4 Å². The first-order valence-electron chi connectivity index (χ1n) is 6.63. The van der Waals surface area contributed by atoms with Crippen LogP contribution in [0.1, 0.15) is 22.2 Å². The van der Waals surface area contributed by atoms with Gasteiger partial charge in [-0.15, -0.1) is 11.3 Å². The maximum atomic E-state index is 12.0. The van der Waals surface area contributed by atoms with Crippen LogP contribution in [-0.2, 0) is 11.3 Å². The fourth-order valence-corrected chi connectivity index (χ4v) is 2.63. The number of benzene rings is 1. The van der Waals surface area contributed by atoms with Crippen LogP contribution in [0.25, 0.3) is 0 Å². The Balaban J connectivity index is 1.88. The van der Waals surface area contributed by atoms with Crippen molar-refractivity contribution in [3.05, 3.63) is 46.8 Å². The summed E-state index contributed by atoms with van der Waals surface area (Å²) in [6.07, 6.45) is 0. The molecule has 0 radical (unpaired) electrons. The predicted octanol–water partition coefficient (Wildman–Crippen LogP) is 3.24. The highest BCUT2D eigenvalue weighted by Crippen LogP contribution is 2.22. The average Bonchev–Trinajstić information content (AvgIpc) is 2.93. The van der Waals surface area contributed by atoms with Crippen molar-refractivity contribution in [3.63, 3.8) is 0 Å². The first kappa shape index (κ1) is 16.9. The standard InChI is InChI=1S/C15H14F2N2O3S/c1-9(20)19-13-7-6-12(23-13)14(21)18-8-10-2-4-11(5-3-10)22-15(16)17/h2-7,15H,8H2,1H3,(H,18,21)(H,19,20). The number of anilines is 1. The molecule has 1 heterocycles. The number of rotatable bonds is 6. The minimum absolute atomic E-state index is 0.0632. The summed E-state index contributed by atoms with van der Waals surface area (Å²) in [4.78, 5) is 23.4. The van der Waals surface area contributed by atoms with Crippen LogP contribution in [0.5, 0.6) is 5.75 Å². The molecule has 0 aliphatic carbocycles. The molecular weight excluding hydrogens is 326 g/mol. The highest BCUT2D eigenvalue weighted by molar-refractivity contribution is 7.18. The topological polar surface area (TPSA) is 67.4 Å². The molecule has 122 valence electrons. The van der Waals surface area contributed by atoms with Crippen LogP contribution >= 0.6 is 11.3 Å². The van der Waals surface area contributed by atoms with Gasteiger partial charge in [0.25, 0.3) is 5.91 Å². The van der Waals surface area contributed by atoms with Gasteiger partial charge in [-0.1, -0.05) is 12.1 Å². The van der Waals surface area contributed by atoms with Gasteiger partial charge >= 0.3 is 6.61 Å². The lowest BCUT2D eigenvalue weighted by molar-refractivity contribution is -0.114. The van der Waals surface area contributed by atoms with Gasteiger partial charge in [-0.05, 0) is 29.8 Å². The second-order valence-corrected chi connectivity index (χ2v) is 5.63. The Morgan fingerprint density at radius 1 is 1.17 bits per heavy atom. The molecule has 0 saturated heterocycles. The summed E-state index contributed by atoms with van der Waals surface area (Å²) < 4.78 is 28.3. The zero-order chi connectivity index (χ0) is 16.8. The number of halogens is 2. The van der Waals surface area contributed by atoms with Crippen molar-refractivity contribution < 1.29 is 23.1 Å². The van der Waals surface area contributed by atoms with E-state index < -0.39 is 6.61 Å². The maximum Gasteiger partial charge on any atom is 0.387 e. The van der Waals surface area contributed by atoms with E-state index in [0.717, 1.165) is 5.56 Å². The van der Waals surface area contributed by atoms with Crippen molar-refractivity contribution in [2.75, 3.05) is 5.32 Å². The van der Waals surface area contributed by atoms with Gasteiger partial charge in [0.2, 0.25) is 5.91 Å². The average molecular weight is 340 g/mol. The molecule has 1 aromatic heterocycles.